The van der Waals surface area contributed by atoms with Crippen LogP contribution in [0, 0.1) is 11.3 Å². The molecule has 0 radical (unpaired) electrons. The summed E-state index contributed by atoms with van der Waals surface area (Å²) in [5, 5.41) is 8.85. The number of rotatable bonds is 6. The third-order valence-corrected chi connectivity index (χ3v) is 4.07. The molecule has 0 atom stereocenters. The Kier molecular flexibility index (Phi) is 6.23. The van der Waals surface area contributed by atoms with E-state index in [0.717, 1.165) is 11.1 Å². The quantitative estimate of drug-likeness (QED) is 0.469. The number of hydrogen-bond donors (Lipinski definition) is 0. The molecule has 0 saturated heterocycles. The predicted octanol–water partition coefficient (Wildman–Crippen LogP) is 4.00. The van der Waals surface area contributed by atoms with Crippen LogP contribution >= 0.6 is 0 Å². The van der Waals surface area contributed by atoms with E-state index in [-0.39, 0.29) is 6.61 Å². The average molecular weight is 387 g/mol. The summed E-state index contributed by atoms with van der Waals surface area (Å²) in [6.07, 6.45) is 0. The molecular weight excluding hydrogens is 370 g/mol. The molecule has 29 heavy (non-hydrogen) atoms. The molecule has 3 rings (SSSR count). The van der Waals surface area contributed by atoms with Crippen LogP contribution in [0.5, 0.6) is 11.5 Å². The first-order valence-corrected chi connectivity index (χ1v) is 8.71. The van der Waals surface area contributed by atoms with Crippen LogP contribution in [0.15, 0.2) is 72.8 Å². The number of methoxy groups -OCH3 is 1. The molecule has 0 aliphatic rings. The van der Waals surface area contributed by atoms with Crippen LogP contribution < -0.4 is 9.47 Å². The lowest BCUT2D eigenvalue weighted by molar-refractivity contribution is -0.136. The van der Waals surface area contributed by atoms with Gasteiger partial charge >= 0.3 is 11.9 Å². The van der Waals surface area contributed by atoms with Crippen LogP contribution in [0.1, 0.15) is 15.9 Å². The second kappa shape index (κ2) is 9.20. The second-order valence-corrected chi connectivity index (χ2v) is 5.99. The molecule has 144 valence electrons. The summed E-state index contributed by atoms with van der Waals surface area (Å²) in [4.78, 5) is 23.3. The van der Waals surface area contributed by atoms with Crippen LogP contribution in [-0.2, 0) is 9.53 Å². The summed E-state index contributed by atoms with van der Waals surface area (Å²) in [6, 6.07) is 22.6. The third-order valence-electron chi connectivity index (χ3n) is 4.07. The molecular formula is C23H17NO5. The van der Waals surface area contributed by atoms with E-state index >= 15 is 0 Å². The van der Waals surface area contributed by atoms with Gasteiger partial charge < -0.3 is 14.2 Å². The zero-order valence-electron chi connectivity index (χ0n) is 15.6. The van der Waals surface area contributed by atoms with Crippen molar-refractivity contribution in [3.05, 3.63) is 83.9 Å². The maximum absolute atomic E-state index is 11.9. The van der Waals surface area contributed by atoms with E-state index in [9.17, 15) is 9.59 Å². The Hall–Kier alpha value is -4.11. The van der Waals surface area contributed by atoms with Crippen molar-refractivity contribution in [2.45, 2.75) is 0 Å². The van der Waals surface area contributed by atoms with E-state index < -0.39 is 11.9 Å². The molecule has 6 heteroatoms. The van der Waals surface area contributed by atoms with Crippen LogP contribution in [0.2, 0.25) is 0 Å². The molecule has 0 saturated carbocycles. The van der Waals surface area contributed by atoms with Gasteiger partial charge in [0.15, 0.2) is 6.61 Å². The number of carbonyl (C=O) groups is 2. The van der Waals surface area contributed by atoms with Gasteiger partial charge in [0.2, 0.25) is 0 Å². The van der Waals surface area contributed by atoms with Gasteiger partial charge in [-0.05, 0) is 59.7 Å². The number of esters is 2. The first kappa shape index (κ1) is 19.6. The van der Waals surface area contributed by atoms with Crippen LogP contribution in [-0.4, -0.2) is 25.7 Å². The van der Waals surface area contributed by atoms with Crippen molar-refractivity contribution in [1.29, 1.82) is 5.26 Å². The van der Waals surface area contributed by atoms with Crippen molar-refractivity contribution >= 4 is 11.9 Å². The molecule has 0 amide bonds. The average Bonchev–Trinajstić information content (AvgIpc) is 2.78. The highest BCUT2D eigenvalue weighted by Crippen LogP contribution is 2.23. The molecule has 0 unspecified atom stereocenters. The van der Waals surface area contributed by atoms with Gasteiger partial charge in [0.25, 0.3) is 0 Å². The first-order chi connectivity index (χ1) is 14.1. The summed E-state index contributed by atoms with van der Waals surface area (Å²) in [6.45, 7) is -0.255. The van der Waals surface area contributed by atoms with E-state index in [4.69, 9.17) is 14.7 Å². The van der Waals surface area contributed by atoms with Crippen molar-refractivity contribution in [3.8, 4) is 28.7 Å². The largest absolute Gasteiger partial charge is 0.482 e. The highest BCUT2D eigenvalue weighted by atomic mass is 16.6. The van der Waals surface area contributed by atoms with Crippen molar-refractivity contribution in [2.75, 3.05) is 13.7 Å². The van der Waals surface area contributed by atoms with Gasteiger partial charge in [-0.3, -0.25) is 0 Å². The summed E-state index contributed by atoms with van der Waals surface area (Å²) in [7, 11) is 1.30. The Morgan fingerprint density at radius 3 is 1.93 bits per heavy atom. The number of ether oxygens (including phenoxy) is 3. The number of carbonyl (C=O) groups excluding carboxylic acids is 2. The van der Waals surface area contributed by atoms with Gasteiger partial charge in [-0.1, -0.05) is 24.3 Å². The topological polar surface area (TPSA) is 85.6 Å². The van der Waals surface area contributed by atoms with Gasteiger partial charge in [-0.15, -0.1) is 0 Å². The van der Waals surface area contributed by atoms with Crippen molar-refractivity contribution in [2.24, 2.45) is 0 Å². The lowest BCUT2D eigenvalue weighted by Gasteiger charge is -2.08. The fourth-order valence-electron chi connectivity index (χ4n) is 2.56. The van der Waals surface area contributed by atoms with Crippen LogP contribution in [0.4, 0.5) is 0 Å². The molecule has 0 aliphatic heterocycles. The van der Waals surface area contributed by atoms with E-state index in [1.807, 2.05) is 24.3 Å². The monoisotopic (exact) mass is 387 g/mol. The number of hydrogen-bond acceptors (Lipinski definition) is 6. The van der Waals surface area contributed by atoms with Crippen molar-refractivity contribution < 1.29 is 23.8 Å². The number of nitrogens with zero attached hydrogens (tertiary/aromatic N) is 1. The van der Waals surface area contributed by atoms with Crippen LogP contribution in [0.3, 0.4) is 0 Å². The predicted molar refractivity (Wildman–Crippen MR) is 106 cm³/mol. The zero-order valence-corrected chi connectivity index (χ0v) is 15.6. The van der Waals surface area contributed by atoms with E-state index in [0.29, 0.717) is 22.6 Å². The van der Waals surface area contributed by atoms with E-state index in [1.54, 1.807) is 24.3 Å². The highest BCUT2D eigenvalue weighted by molar-refractivity contribution is 5.89. The molecule has 0 aromatic heterocycles. The number of benzene rings is 3. The smallest absolute Gasteiger partial charge is 0.349 e. The van der Waals surface area contributed by atoms with Crippen molar-refractivity contribution in [1.82, 2.24) is 0 Å². The Morgan fingerprint density at radius 1 is 0.828 bits per heavy atom. The molecule has 0 fully saturated rings. The molecule has 0 N–H and O–H groups in total. The Bertz CT molecular complexity index is 1030. The first-order valence-electron chi connectivity index (χ1n) is 8.71. The van der Waals surface area contributed by atoms with Gasteiger partial charge in [0.05, 0.1) is 24.3 Å². The van der Waals surface area contributed by atoms with E-state index in [1.165, 1.54) is 31.4 Å². The van der Waals surface area contributed by atoms with Gasteiger partial charge in [0.1, 0.15) is 11.5 Å². The molecule has 6 nitrogen and oxygen atoms in total. The normalized spacial score (nSPS) is 9.93. The van der Waals surface area contributed by atoms with Gasteiger partial charge in [-0.2, -0.15) is 5.26 Å². The summed E-state index contributed by atoms with van der Waals surface area (Å²) in [5.41, 5.74) is 2.92. The highest BCUT2D eigenvalue weighted by Gasteiger charge is 2.09. The summed E-state index contributed by atoms with van der Waals surface area (Å²) >= 11 is 0. The van der Waals surface area contributed by atoms with Gasteiger partial charge in [-0.25, -0.2) is 9.59 Å². The van der Waals surface area contributed by atoms with Crippen LogP contribution in [0.25, 0.3) is 11.1 Å². The number of nitriles is 1. The third kappa shape index (κ3) is 5.21. The fraction of sp³-hybridized carbons (Fsp3) is 0.0870. The summed E-state index contributed by atoms with van der Waals surface area (Å²) in [5.74, 6) is -0.189. The fourth-order valence-corrected chi connectivity index (χ4v) is 2.56. The Labute approximate surface area is 167 Å². The molecule has 3 aromatic rings. The molecule has 0 aliphatic carbocycles. The maximum Gasteiger partial charge on any atom is 0.349 e. The maximum atomic E-state index is 11.9. The minimum Gasteiger partial charge on any atom is -0.482 e. The molecule has 0 bridgehead atoms. The molecule has 3 aromatic carbocycles. The lowest BCUT2D eigenvalue weighted by atomic mass is 10.0. The molecule has 0 spiro atoms. The summed E-state index contributed by atoms with van der Waals surface area (Å²) < 4.78 is 15.2. The second-order valence-electron chi connectivity index (χ2n) is 5.99. The molecule has 0 heterocycles. The Morgan fingerprint density at radius 2 is 1.38 bits per heavy atom. The minimum absolute atomic E-state index is 0.255. The van der Waals surface area contributed by atoms with Gasteiger partial charge in [0, 0.05) is 0 Å². The lowest BCUT2D eigenvalue weighted by Crippen LogP contribution is -2.17. The van der Waals surface area contributed by atoms with E-state index in [2.05, 4.69) is 10.8 Å². The standard InChI is InChI=1S/C23H17NO5/c1-27-23(26)19-8-12-21(13-9-19)29-22(25)15-28-20-10-6-18(7-11-20)17-4-2-16(14-24)3-5-17/h2-13H,15H2,1H3. The SMILES string of the molecule is COC(=O)c1ccc(OC(=O)COc2ccc(-c3ccc(C#N)cc3)cc2)cc1. The van der Waals surface area contributed by atoms with Crippen molar-refractivity contribution in [3.63, 3.8) is 0 Å². The zero-order chi connectivity index (χ0) is 20.6. The minimum atomic E-state index is -0.563. The Balaban J connectivity index is 1.53.